The molecule has 1 aromatic carbocycles. The molecule has 3 aromatic rings. The van der Waals surface area contributed by atoms with Gasteiger partial charge in [0.15, 0.2) is 5.78 Å². The Morgan fingerprint density at radius 1 is 1.29 bits per heavy atom. The van der Waals surface area contributed by atoms with Crippen molar-refractivity contribution in [1.82, 2.24) is 9.97 Å². The van der Waals surface area contributed by atoms with Gasteiger partial charge in [-0.15, -0.1) is 11.3 Å². The zero-order valence-corrected chi connectivity index (χ0v) is 14.6. The monoisotopic (exact) mass is 342 g/mol. The molecule has 5 nitrogen and oxygen atoms in total. The molecule has 0 aliphatic carbocycles. The maximum absolute atomic E-state index is 12.4. The molecular formula is C18H18N2O3S. The van der Waals surface area contributed by atoms with Gasteiger partial charge in [-0.1, -0.05) is 6.92 Å². The molecule has 0 bridgehead atoms. The SMILES string of the molecule is CCc1c(C)sc2nc(CC(=O)c3ccc(OC)cc3)[nH]c(=O)c12. The third-order valence-electron chi connectivity index (χ3n) is 4.01. The van der Waals surface area contributed by atoms with Crippen molar-refractivity contribution in [2.24, 2.45) is 0 Å². The normalized spacial score (nSPS) is 11.0. The van der Waals surface area contributed by atoms with Crippen molar-refractivity contribution in [2.75, 3.05) is 7.11 Å². The molecule has 0 radical (unpaired) electrons. The Balaban J connectivity index is 1.92. The third kappa shape index (κ3) is 2.97. The molecule has 2 aromatic heterocycles. The number of fused-ring (bicyclic) bond motifs is 1. The zero-order valence-electron chi connectivity index (χ0n) is 13.8. The molecule has 24 heavy (non-hydrogen) atoms. The van der Waals surface area contributed by atoms with Gasteiger partial charge in [0.05, 0.1) is 18.9 Å². The van der Waals surface area contributed by atoms with E-state index in [9.17, 15) is 9.59 Å². The fourth-order valence-electron chi connectivity index (χ4n) is 2.76. The van der Waals surface area contributed by atoms with E-state index in [1.165, 1.54) is 11.3 Å². The van der Waals surface area contributed by atoms with Crippen LogP contribution in [0.3, 0.4) is 0 Å². The van der Waals surface area contributed by atoms with Crippen molar-refractivity contribution in [1.29, 1.82) is 0 Å². The van der Waals surface area contributed by atoms with Gasteiger partial charge in [0.25, 0.3) is 5.56 Å². The summed E-state index contributed by atoms with van der Waals surface area (Å²) in [7, 11) is 1.58. The molecule has 0 spiro atoms. The highest BCUT2D eigenvalue weighted by molar-refractivity contribution is 7.18. The molecule has 0 amide bonds. The van der Waals surface area contributed by atoms with Gasteiger partial charge in [0.1, 0.15) is 16.4 Å². The molecular weight excluding hydrogens is 324 g/mol. The lowest BCUT2D eigenvalue weighted by molar-refractivity contribution is 0.0991. The Labute approximate surface area is 143 Å². The lowest BCUT2D eigenvalue weighted by atomic mass is 10.1. The van der Waals surface area contributed by atoms with E-state index in [2.05, 4.69) is 9.97 Å². The quantitative estimate of drug-likeness (QED) is 0.722. The van der Waals surface area contributed by atoms with E-state index >= 15 is 0 Å². The second-order valence-electron chi connectivity index (χ2n) is 5.51. The van der Waals surface area contributed by atoms with Gasteiger partial charge in [0, 0.05) is 10.4 Å². The standard InChI is InChI=1S/C18H18N2O3S/c1-4-13-10(2)24-18-16(13)17(22)19-15(20-18)9-14(21)11-5-7-12(23-3)8-6-11/h5-8H,4,9H2,1-3H3,(H,19,20,22). The van der Waals surface area contributed by atoms with Crippen molar-refractivity contribution < 1.29 is 9.53 Å². The van der Waals surface area contributed by atoms with Crippen molar-refractivity contribution in [3.63, 3.8) is 0 Å². The van der Waals surface area contributed by atoms with Gasteiger partial charge >= 0.3 is 0 Å². The van der Waals surface area contributed by atoms with E-state index in [4.69, 9.17) is 4.74 Å². The number of aryl methyl sites for hydroxylation is 2. The largest absolute Gasteiger partial charge is 0.497 e. The highest BCUT2D eigenvalue weighted by atomic mass is 32.1. The number of nitrogens with zero attached hydrogens (tertiary/aromatic N) is 1. The average molecular weight is 342 g/mol. The number of carbonyl (C=O) groups excluding carboxylic acids is 1. The minimum Gasteiger partial charge on any atom is -0.497 e. The number of carbonyl (C=O) groups is 1. The summed E-state index contributed by atoms with van der Waals surface area (Å²) in [6.45, 7) is 4.02. The molecule has 1 N–H and O–H groups in total. The van der Waals surface area contributed by atoms with Gasteiger partial charge in [-0.2, -0.15) is 0 Å². The lowest BCUT2D eigenvalue weighted by Gasteiger charge is -2.03. The van der Waals surface area contributed by atoms with Crippen molar-refractivity contribution in [3.05, 3.63) is 56.4 Å². The van der Waals surface area contributed by atoms with Gasteiger partial charge in [0.2, 0.25) is 0 Å². The van der Waals surface area contributed by atoms with Crippen LogP contribution in [-0.2, 0) is 12.8 Å². The molecule has 0 unspecified atom stereocenters. The summed E-state index contributed by atoms with van der Waals surface area (Å²) in [5.41, 5.74) is 1.44. The molecule has 0 atom stereocenters. The summed E-state index contributed by atoms with van der Waals surface area (Å²) in [6.07, 6.45) is 0.858. The summed E-state index contributed by atoms with van der Waals surface area (Å²) < 4.78 is 5.09. The summed E-state index contributed by atoms with van der Waals surface area (Å²) in [5, 5.41) is 0.653. The molecule has 6 heteroatoms. The number of Topliss-reactive ketones (excluding diaryl/α,β-unsaturated/α-hetero) is 1. The van der Waals surface area contributed by atoms with Crippen LogP contribution in [-0.4, -0.2) is 22.9 Å². The van der Waals surface area contributed by atoms with E-state index < -0.39 is 0 Å². The summed E-state index contributed by atoms with van der Waals surface area (Å²) >= 11 is 1.50. The first-order valence-electron chi connectivity index (χ1n) is 7.72. The number of methoxy groups -OCH3 is 1. The molecule has 3 rings (SSSR count). The Kier molecular flexibility index (Phi) is 4.49. The summed E-state index contributed by atoms with van der Waals surface area (Å²) in [5.74, 6) is 1.00. The number of H-pyrrole nitrogens is 1. The summed E-state index contributed by atoms with van der Waals surface area (Å²) in [4.78, 5) is 33.8. The van der Waals surface area contributed by atoms with Crippen LogP contribution >= 0.6 is 11.3 Å². The Bertz CT molecular complexity index is 955. The number of ketones is 1. The highest BCUT2D eigenvalue weighted by Gasteiger charge is 2.15. The number of nitrogens with one attached hydrogen (secondary N) is 1. The number of hydrogen-bond donors (Lipinski definition) is 1. The van der Waals surface area contributed by atoms with Gasteiger partial charge in [-0.05, 0) is 43.2 Å². The van der Waals surface area contributed by atoms with E-state index in [1.54, 1.807) is 31.4 Å². The molecule has 0 fully saturated rings. The maximum Gasteiger partial charge on any atom is 0.259 e. The predicted octanol–water partition coefficient (Wildman–Crippen LogP) is 3.29. The topological polar surface area (TPSA) is 72.0 Å². The molecule has 2 heterocycles. The number of thiophene rings is 1. The highest BCUT2D eigenvalue weighted by Crippen LogP contribution is 2.27. The minimum atomic E-state index is -0.168. The first kappa shape index (κ1) is 16.4. The zero-order chi connectivity index (χ0) is 17.3. The van der Waals surface area contributed by atoms with Crippen LogP contribution in [0, 0.1) is 6.92 Å². The fraction of sp³-hybridized carbons (Fsp3) is 0.278. The molecule has 124 valence electrons. The Morgan fingerprint density at radius 3 is 2.62 bits per heavy atom. The fourth-order valence-corrected chi connectivity index (χ4v) is 3.89. The number of aromatic nitrogens is 2. The number of benzene rings is 1. The van der Waals surface area contributed by atoms with Crippen LogP contribution in [0.1, 0.15) is 33.5 Å². The molecule has 0 aliphatic heterocycles. The second kappa shape index (κ2) is 6.57. The third-order valence-corrected chi connectivity index (χ3v) is 5.05. The average Bonchev–Trinajstić information content (AvgIpc) is 2.90. The van der Waals surface area contributed by atoms with Gasteiger partial charge in [-0.3, -0.25) is 9.59 Å². The smallest absolute Gasteiger partial charge is 0.259 e. The Morgan fingerprint density at radius 2 is 2.00 bits per heavy atom. The second-order valence-corrected chi connectivity index (χ2v) is 6.71. The minimum absolute atomic E-state index is 0.0654. The van der Waals surface area contributed by atoms with Crippen LogP contribution in [0.15, 0.2) is 29.1 Å². The summed E-state index contributed by atoms with van der Waals surface area (Å²) in [6, 6.07) is 6.90. The number of ether oxygens (including phenoxy) is 1. The first-order chi connectivity index (χ1) is 11.5. The van der Waals surface area contributed by atoms with Crippen molar-refractivity contribution >= 4 is 27.3 Å². The first-order valence-corrected chi connectivity index (χ1v) is 8.53. The van der Waals surface area contributed by atoms with Crippen LogP contribution in [0.25, 0.3) is 10.2 Å². The van der Waals surface area contributed by atoms with E-state index in [-0.39, 0.29) is 17.8 Å². The predicted molar refractivity (Wildman–Crippen MR) is 95.4 cm³/mol. The van der Waals surface area contributed by atoms with E-state index in [0.29, 0.717) is 27.4 Å². The van der Waals surface area contributed by atoms with Gasteiger partial charge in [-0.25, -0.2) is 4.98 Å². The number of hydrogen-bond acceptors (Lipinski definition) is 5. The number of aromatic amines is 1. The Hall–Kier alpha value is -2.47. The van der Waals surface area contributed by atoms with Crippen molar-refractivity contribution in [3.8, 4) is 5.75 Å². The van der Waals surface area contributed by atoms with Crippen molar-refractivity contribution in [2.45, 2.75) is 26.7 Å². The maximum atomic E-state index is 12.4. The molecule has 0 aliphatic rings. The van der Waals surface area contributed by atoms with Crippen LogP contribution < -0.4 is 10.3 Å². The van der Waals surface area contributed by atoms with E-state index in [0.717, 1.165) is 16.9 Å². The van der Waals surface area contributed by atoms with E-state index in [1.807, 2.05) is 13.8 Å². The molecule has 0 saturated carbocycles. The van der Waals surface area contributed by atoms with Gasteiger partial charge < -0.3 is 9.72 Å². The van der Waals surface area contributed by atoms with Crippen LogP contribution in [0.5, 0.6) is 5.75 Å². The number of rotatable bonds is 5. The molecule has 0 saturated heterocycles. The lowest BCUT2D eigenvalue weighted by Crippen LogP contribution is -2.15. The van der Waals surface area contributed by atoms with Crippen LogP contribution in [0.2, 0.25) is 0 Å². The van der Waals surface area contributed by atoms with Crippen LogP contribution in [0.4, 0.5) is 0 Å².